The van der Waals surface area contributed by atoms with Gasteiger partial charge in [-0.3, -0.25) is 14.9 Å². The first kappa shape index (κ1) is 23.3. The Kier molecular flexibility index (Phi) is 7.93. The van der Waals surface area contributed by atoms with Crippen LogP contribution >= 0.6 is 0 Å². The molecule has 1 aromatic carbocycles. The van der Waals surface area contributed by atoms with Crippen molar-refractivity contribution in [2.24, 2.45) is 5.92 Å². The molecule has 164 valence electrons. The van der Waals surface area contributed by atoms with Crippen molar-refractivity contribution < 1.29 is 28.7 Å². The minimum Gasteiger partial charge on any atom is -0.463 e. The average Bonchev–Trinajstić information content (AvgIpc) is 2.66. The zero-order valence-corrected chi connectivity index (χ0v) is 17.8. The molecule has 9 heteroatoms. The number of hydrogen-bond donors (Lipinski definition) is 1. The summed E-state index contributed by atoms with van der Waals surface area (Å²) in [6.07, 6.45) is -0.366. The molecule has 3 atom stereocenters. The van der Waals surface area contributed by atoms with Gasteiger partial charge in [0.25, 0.3) is 5.69 Å². The number of allylic oxidation sites excluding steroid dienone is 1. The average molecular weight is 420 g/mol. The maximum atomic E-state index is 13.0. The van der Waals surface area contributed by atoms with Crippen LogP contribution in [-0.2, 0) is 23.8 Å². The molecule has 0 amide bonds. The number of carbonyl (C=O) groups excluding carboxylic acids is 2. The molecule has 0 aromatic heterocycles. The highest BCUT2D eigenvalue weighted by Gasteiger charge is 2.45. The Morgan fingerprint density at radius 1 is 1.27 bits per heavy atom. The van der Waals surface area contributed by atoms with Crippen LogP contribution in [-0.4, -0.2) is 49.3 Å². The van der Waals surface area contributed by atoms with Crippen molar-refractivity contribution in [1.29, 1.82) is 0 Å². The van der Waals surface area contributed by atoms with Crippen LogP contribution < -0.4 is 5.32 Å². The lowest BCUT2D eigenvalue weighted by atomic mass is 9.73. The lowest BCUT2D eigenvalue weighted by Crippen LogP contribution is -2.48. The predicted octanol–water partition coefficient (Wildman–Crippen LogP) is 2.70. The van der Waals surface area contributed by atoms with Gasteiger partial charge in [-0.2, -0.15) is 0 Å². The number of methoxy groups -OCH3 is 1. The SMILES string of the molecule is COCCOC(=O)C1C(C)NC(C)=C(C(=O)OC(C)C)C1c1cccc([N+](=O)[O-])c1. The molecule has 0 fully saturated rings. The molecule has 0 spiro atoms. The van der Waals surface area contributed by atoms with Gasteiger partial charge in [0.05, 0.1) is 29.1 Å². The molecule has 9 nitrogen and oxygen atoms in total. The molecular formula is C21H28N2O7. The number of ether oxygens (including phenoxy) is 3. The van der Waals surface area contributed by atoms with E-state index in [1.807, 2.05) is 0 Å². The minimum atomic E-state index is -0.790. The molecule has 1 aromatic rings. The monoisotopic (exact) mass is 420 g/mol. The fraction of sp³-hybridized carbons (Fsp3) is 0.524. The minimum absolute atomic E-state index is 0.0642. The largest absolute Gasteiger partial charge is 0.463 e. The van der Waals surface area contributed by atoms with Crippen molar-refractivity contribution in [2.45, 2.75) is 45.8 Å². The summed E-state index contributed by atoms with van der Waals surface area (Å²) >= 11 is 0. The first-order valence-corrected chi connectivity index (χ1v) is 9.75. The number of nitrogens with zero attached hydrogens (tertiary/aromatic N) is 1. The van der Waals surface area contributed by atoms with Crippen molar-refractivity contribution in [3.63, 3.8) is 0 Å². The zero-order valence-electron chi connectivity index (χ0n) is 17.8. The summed E-state index contributed by atoms with van der Waals surface area (Å²) in [5.41, 5.74) is 1.17. The molecule has 0 bridgehead atoms. The van der Waals surface area contributed by atoms with Crippen LogP contribution in [0.4, 0.5) is 5.69 Å². The summed E-state index contributed by atoms with van der Waals surface area (Å²) in [6.45, 7) is 7.29. The van der Waals surface area contributed by atoms with E-state index in [0.29, 0.717) is 11.3 Å². The highest BCUT2D eigenvalue weighted by Crippen LogP contribution is 2.41. The molecule has 30 heavy (non-hydrogen) atoms. The molecule has 0 saturated carbocycles. The van der Waals surface area contributed by atoms with Gasteiger partial charge in [0.1, 0.15) is 6.61 Å². The van der Waals surface area contributed by atoms with E-state index in [1.165, 1.54) is 25.3 Å². The third kappa shape index (κ3) is 5.35. The lowest BCUT2D eigenvalue weighted by Gasteiger charge is -2.38. The fourth-order valence-corrected chi connectivity index (χ4v) is 3.64. The Morgan fingerprint density at radius 2 is 1.97 bits per heavy atom. The van der Waals surface area contributed by atoms with E-state index >= 15 is 0 Å². The van der Waals surface area contributed by atoms with E-state index in [4.69, 9.17) is 14.2 Å². The van der Waals surface area contributed by atoms with Gasteiger partial charge in [0.15, 0.2) is 0 Å². The lowest BCUT2D eigenvalue weighted by molar-refractivity contribution is -0.384. The van der Waals surface area contributed by atoms with Crippen LogP contribution in [0.3, 0.4) is 0 Å². The van der Waals surface area contributed by atoms with Gasteiger partial charge in [-0.25, -0.2) is 4.79 Å². The number of nitro groups is 1. The molecule has 0 radical (unpaired) electrons. The second-order valence-corrected chi connectivity index (χ2v) is 7.44. The molecule has 1 N–H and O–H groups in total. The predicted molar refractivity (Wildman–Crippen MR) is 109 cm³/mol. The van der Waals surface area contributed by atoms with Crippen molar-refractivity contribution in [1.82, 2.24) is 5.32 Å². The molecule has 0 aliphatic carbocycles. The van der Waals surface area contributed by atoms with Crippen LogP contribution in [0.25, 0.3) is 0 Å². The highest BCUT2D eigenvalue weighted by atomic mass is 16.6. The van der Waals surface area contributed by atoms with Gasteiger partial charge in [0.2, 0.25) is 0 Å². The first-order chi connectivity index (χ1) is 14.2. The first-order valence-electron chi connectivity index (χ1n) is 9.75. The third-order valence-electron chi connectivity index (χ3n) is 4.86. The number of hydrogen-bond acceptors (Lipinski definition) is 8. The maximum Gasteiger partial charge on any atom is 0.336 e. The van der Waals surface area contributed by atoms with E-state index in [9.17, 15) is 19.7 Å². The van der Waals surface area contributed by atoms with Crippen LogP contribution in [0, 0.1) is 16.0 Å². The molecule has 1 heterocycles. The Hall–Kier alpha value is -2.94. The van der Waals surface area contributed by atoms with Gasteiger partial charge in [-0.15, -0.1) is 0 Å². The summed E-state index contributed by atoms with van der Waals surface area (Å²) in [4.78, 5) is 36.7. The molecule has 3 unspecified atom stereocenters. The number of nitro benzene ring substituents is 1. The smallest absolute Gasteiger partial charge is 0.336 e. The van der Waals surface area contributed by atoms with Crippen LogP contribution in [0.15, 0.2) is 35.5 Å². The summed E-state index contributed by atoms with van der Waals surface area (Å²) < 4.78 is 15.7. The second kappa shape index (κ2) is 10.2. The van der Waals surface area contributed by atoms with Crippen LogP contribution in [0.5, 0.6) is 0 Å². The summed E-state index contributed by atoms with van der Waals surface area (Å²) in [6, 6.07) is 5.58. The quantitative estimate of drug-likeness (QED) is 0.295. The highest BCUT2D eigenvalue weighted by molar-refractivity contribution is 5.93. The summed E-state index contributed by atoms with van der Waals surface area (Å²) in [5, 5.41) is 14.5. The topological polar surface area (TPSA) is 117 Å². The van der Waals surface area contributed by atoms with E-state index in [2.05, 4.69) is 5.32 Å². The van der Waals surface area contributed by atoms with Gasteiger partial charge in [-0.05, 0) is 33.3 Å². The van der Waals surface area contributed by atoms with Gasteiger partial charge < -0.3 is 19.5 Å². The number of rotatable bonds is 8. The van der Waals surface area contributed by atoms with Crippen LogP contribution in [0.2, 0.25) is 0 Å². The number of non-ortho nitro benzene ring substituents is 1. The van der Waals surface area contributed by atoms with Gasteiger partial charge >= 0.3 is 11.9 Å². The van der Waals surface area contributed by atoms with Gasteiger partial charge in [0, 0.05) is 36.9 Å². The van der Waals surface area contributed by atoms with Crippen molar-refractivity contribution in [3.8, 4) is 0 Å². The Balaban J connectivity index is 2.57. The standard InChI is InChI=1S/C21H28N2O7/c1-12(2)30-21(25)18-14(4)22-13(3)17(20(24)29-10-9-28-5)19(18)15-7-6-8-16(11-15)23(26)27/h6-8,11-13,17,19,22H,9-10H2,1-5H3. The van der Waals surface area contributed by atoms with E-state index in [0.717, 1.165) is 0 Å². The normalized spacial score (nSPS) is 21.2. The number of nitrogens with one attached hydrogen (secondary N) is 1. The van der Waals surface area contributed by atoms with E-state index in [-0.39, 0.29) is 36.6 Å². The van der Waals surface area contributed by atoms with Gasteiger partial charge in [-0.1, -0.05) is 12.1 Å². The zero-order chi connectivity index (χ0) is 22.4. The Bertz CT molecular complexity index is 834. The number of benzene rings is 1. The maximum absolute atomic E-state index is 13.0. The summed E-state index contributed by atoms with van der Waals surface area (Å²) in [5.74, 6) is -2.65. The van der Waals surface area contributed by atoms with E-state index in [1.54, 1.807) is 33.8 Å². The molecule has 2 rings (SSSR count). The molecule has 0 saturated heterocycles. The van der Waals surface area contributed by atoms with Crippen molar-refractivity contribution in [2.75, 3.05) is 20.3 Å². The molecule has 1 aliphatic heterocycles. The number of carbonyl (C=O) groups is 2. The van der Waals surface area contributed by atoms with Crippen molar-refractivity contribution in [3.05, 3.63) is 51.2 Å². The summed E-state index contributed by atoms with van der Waals surface area (Å²) in [7, 11) is 1.50. The van der Waals surface area contributed by atoms with Crippen LogP contribution in [0.1, 0.15) is 39.2 Å². The third-order valence-corrected chi connectivity index (χ3v) is 4.86. The fourth-order valence-electron chi connectivity index (χ4n) is 3.64. The number of esters is 2. The van der Waals surface area contributed by atoms with E-state index < -0.39 is 28.7 Å². The van der Waals surface area contributed by atoms with Crippen molar-refractivity contribution >= 4 is 17.6 Å². The molecule has 1 aliphatic rings. The molecular weight excluding hydrogens is 392 g/mol. The Labute approximate surface area is 175 Å². The Morgan fingerprint density at radius 3 is 2.57 bits per heavy atom. The second-order valence-electron chi connectivity index (χ2n) is 7.44.